The zero-order valence-corrected chi connectivity index (χ0v) is 16.4. The van der Waals surface area contributed by atoms with E-state index in [1.807, 2.05) is 0 Å². The highest BCUT2D eigenvalue weighted by Crippen LogP contribution is 2.32. The molecule has 1 aromatic rings. The van der Waals surface area contributed by atoms with Crippen LogP contribution in [-0.4, -0.2) is 42.2 Å². The van der Waals surface area contributed by atoms with Gasteiger partial charge in [-0.15, -0.1) is 0 Å². The molecule has 0 spiro atoms. The Bertz CT molecular complexity index is 696. The van der Waals surface area contributed by atoms with Gasteiger partial charge >= 0.3 is 5.97 Å². The lowest BCUT2D eigenvalue weighted by molar-refractivity contribution is -0.147. The second-order valence-electron chi connectivity index (χ2n) is 9.07. The van der Waals surface area contributed by atoms with Gasteiger partial charge in [0.2, 0.25) is 0 Å². The first kappa shape index (κ1) is 19.0. The molecule has 1 heterocycles. The number of benzene rings is 1. The molecule has 4 heteroatoms. The Morgan fingerprint density at radius 2 is 2.04 bits per heavy atom. The molecule has 2 aliphatic rings. The van der Waals surface area contributed by atoms with Crippen molar-refractivity contribution in [3.63, 3.8) is 0 Å². The fourth-order valence-electron chi connectivity index (χ4n) is 3.58. The summed E-state index contributed by atoms with van der Waals surface area (Å²) in [5, 5.41) is 9.02. The van der Waals surface area contributed by atoms with Crippen LogP contribution >= 0.6 is 0 Å². The number of hydrogen-bond acceptors (Lipinski definition) is 3. The third kappa shape index (κ3) is 4.67. The molecule has 142 valence electrons. The van der Waals surface area contributed by atoms with E-state index >= 15 is 0 Å². The van der Waals surface area contributed by atoms with E-state index < -0.39 is 5.97 Å². The van der Waals surface area contributed by atoms with Crippen molar-refractivity contribution < 1.29 is 14.6 Å². The highest BCUT2D eigenvalue weighted by molar-refractivity contribution is 5.71. The highest BCUT2D eigenvalue weighted by Gasteiger charge is 2.33. The SMILES string of the molecule is C[C@H]1Cc2cc(OCCC(C)(C)C)ccc2C=C1CN1CC(C(=O)O)C1. The van der Waals surface area contributed by atoms with Crippen LogP contribution in [0.4, 0.5) is 0 Å². The van der Waals surface area contributed by atoms with Crippen LogP contribution in [0.1, 0.15) is 45.2 Å². The Labute approximate surface area is 156 Å². The number of ether oxygens (including phenoxy) is 1. The number of rotatable bonds is 6. The van der Waals surface area contributed by atoms with Crippen molar-refractivity contribution in [3.05, 3.63) is 34.9 Å². The minimum atomic E-state index is -0.670. The molecule has 1 fully saturated rings. The van der Waals surface area contributed by atoms with Gasteiger partial charge in [0, 0.05) is 19.6 Å². The van der Waals surface area contributed by atoms with Crippen LogP contribution in [0.25, 0.3) is 6.08 Å². The van der Waals surface area contributed by atoms with Crippen LogP contribution in [0.2, 0.25) is 0 Å². The molecule has 0 aromatic heterocycles. The van der Waals surface area contributed by atoms with E-state index in [2.05, 4.69) is 56.9 Å². The molecule has 1 aromatic carbocycles. The van der Waals surface area contributed by atoms with Gasteiger partial charge in [0.05, 0.1) is 12.5 Å². The van der Waals surface area contributed by atoms with E-state index in [1.54, 1.807) is 0 Å². The van der Waals surface area contributed by atoms with Gasteiger partial charge in [-0.25, -0.2) is 0 Å². The molecule has 3 rings (SSSR count). The summed E-state index contributed by atoms with van der Waals surface area (Å²) in [5.41, 5.74) is 4.32. The maximum atomic E-state index is 11.0. The van der Waals surface area contributed by atoms with Gasteiger partial charge in [-0.1, -0.05) is 45.4 Å². The minimum Gasteiger partial charge on any atom is -0.494 e. The number of aliphatic carboxylic acids is 1. The van der Waals surface area contributed by atoms with E-state index in [0.717, 1.165) is 31.7 Å². The summed E-state index contributed by atoms with van der Waals surface area (Å²) in [6.07, 6.45) is 4.35. The third-order valence-corrected chi connectivity index (χ3v) is 5.45. The van der Waals surface area contributed by atoms with Gasteiger partial charge in [-0.05, 0) is 47.4 Å². The molecule has 1 N–H and O–H groups in total. The number of likely N-dealkylation sites (tertiary alicyclic amines) is 1. The summed E-state index contributed by atoms with van der Waals surface area (Å²) >= 11 is 0. The van der Waals surface area contributed by atoms with Crippen molar-refractivity contribution in [1.82, 2.24) is 4.90 Å². The van der Waals surface area contributed by atoms with Gasteiger partial charge in [-0.3, -0.25) is 9.69 Å². The summed E-state index contributed by atoms with van der Waals surface area (Å²) in [6, 6.07) is 6.41. The summed E-state index contributed by atoms with van der Waals surface area (Å²) in [6.45, 7) is 11.9. The quantitative estimate of drug-likeness (QED) is 0.833. The van der Waals surface area contributed by atoms with Crippen LogP contribution in [-0.2, 0) is 11.2 Å². The first-order valence-electron chi connectivity index (χ1n) is 9.62. The number of nitrogens with zero attached hydrogens (tertiary/aromatic N) is 1. The number of hydrogen-bond donors (Lipinski definition) is 1. The molecule has 0 amide bonds. The zero-order valence-electron chi connectivity index (χ0n) is 16.4. The van der Waals surface area contributed by atoms with Crippen molar-refractivity contribution >= 4 is 12.0 Å². The first-order chi connectivity index (χ1) is 12.2. The fraction of sp³-hybridized carbons (Fsp3) is 0.591. The summed E-state index contributed by atoms with van der Waals surface area (Å²) < 4.78 is 5.95. The Balaban J connectivity index is 1.61. The lowest BCUT2D eigenvalue weighted by atomic mass is 9.83. The molecule has 1 aliphatic heterocycles. The van der Waals surface area contributed by atoms with E-state index in [4.69, 9.17) is 9.84 Å². The number of fused-ring (bicyclic) bond motifs is 1. The molecule has 0 unspecified atom stereocenters. The van der Waals surface area contributed by atoms with E-state index in [9.17, 15) is 4.79 Å². The molecule has 26 heavy (non-hydrogen) atoms. The van der Waals surface area contributed by atoms with Crippen molar-refractivity contribution in [2.75, 3.05) is 26.2 Å². The summed E-state index contributed by atoms with van der Waals surface area (Å²) in [7, 11) is 0. The van der Waals surface area contributed by atoms with Crippen molar-refractivity contribution in [2.45, 2.75) is 40.5 Å². The second-order valence-corrected chi connectivity index (χ2v) is 9.07. The molecule has 0 radical (unpaired) electrons. The monoisotopic (exact) mass is 357 g/mol. The van der Waals surface area contributed by atoms with E-state index in [-0.39, 0.29) is 11.3 Å². The Morgan fingerprint density at radius 3 is 2.69 bits per heavy atom. The second kappa shape index (κ2) is 7.43. The van der Waals surface area contributed by atoms with Gasteiger partial charge in [-0.2, -0.15) is 0 Å². The maximum absolute atomic E-state index is 11.0. The standard InChI is InChI=1S/C22H31NO3/c1-15-9-17-11-20(26-8-7-22(2,3)4)6-5-16(17)10-18(15)12-23-13-19(14-23)21(24)25/h5-6,10-11,15,19H,7-9,12-14H2,1-4H3,(H,24,25)/t15-/m0/s1. The topological polar surface area (TPSA) is 49.8 Å². The summed E-state index contributed by atoms with van der Waals surface area (Å²) in [4.78, 5) is 13.2. The summed E-state index contributed by atoms with van der Waals surface area (Å²) in [5.74, 6) is 0.589. The fourth-order valence-corrected chi connectivity index (χ4v) is 3.58. The molecule has 1 aliphatic carbocycles. The van der Waals surface area contributed by atoms with Crippen LogP contribution in [0, 0.1) is 17.3 Å². The smallest absolute Gasteiger partial charge is 0.309 e. The first-order valence-corrected chi connectivity index (χ1v) is 9.62. The van der Waals surface area contributed by atoms with Crippen LogP contribution < -0.4 is 4.74 Å². The third-order valence-electron chi connectivity index (χ3n) is 5.45. The lowest BCUT2D eigenvalue weighted by Crippen LogP contribution is -2.51. The molecule has 0 saturated carbocycles. The molecule has 1 saturated heterocycles. The average molecular weight is 357 g/mol. The molecular weight excluding hydrogens is 326 g/mol. The maximum Gasteiger partial charge on any atom is 0.309 e. The lowest BCUT2D eigenvalue weighted by Gasteiger charge is -2.38. The Hall–Kier alpha value is -1.81. The molecule has 1 atom stereocenters. The molecular formula is C22H31NO3. The van der Waals surface area contributed by atoms with E-state index in [0.29, 0.717) is 19.0 Å². The predicted molar refractivity (Wildman–Crippen MR) is 104 cm³/mol. The molecule has 4 nitrogen and oxygen atoms in total. The van der Waals surface area contributed by atoms with Crippen LogP contribution in [0.15, 0.2) is 23.8 Å². The van der Waals surface area contributed by atoms with Crippen molar-refractivity contribution in [2.24, 2.45) is 17.3 Å². The van der Waals surface area contributed by atoms with Gasteiger partial charge in [0.1, 0.15) is 5.75 Å². The predicted octanol–water partition coefficient (Wildman–Crippen LogP) is 4.09. The van der Waals surface area contributed by atoms with Gasteiger partial charge in [0.15, 0.2) is 0 Å². The number of carboxylic acid groups (broad SMARTS) is 1. The minimum absolute atomic E-state index is 0.186. The normalized spacial score (nSPS) is 20.9. The van der Waals surface area contributed by atoms with Crippen molar-refractivity contribution in [1.29, 1.82) is 0 Å². The largest absolute Gasteiger partial charge is 0.494 e. The Morgan fingerprint density at radius 1 is 1.31 bits per heavy atom. The van der Waals surface area contributed by atoms with Gasteiger partial charge < -0.3 is 9.84 Å². The van der Waals surface area contributed by atoms with Crippen LogP contribution in [0.5, 0.6) is 5.75 Å². The molecule has 0 bridgehead atoms. The van der Waals surface area contributed by atoms with Gasteiger partial charge in [0.25, 0.3) is 0 Å². The van der Waals surface area contributed by atoms with Crippen molar-refractivity contribution in [3.8, 4) is 5.75 Å². The highest BCUT2D eigenvalue weighted by atomic mass is 16.5. The van der Waals surface area contributed by atoms with Crippen LogP contribution in [0.3, 0.4) is 0 Å². The number of carbonyl (C=O) groups is 1. The number of carboxylic acids is 1. The Kier molecular flexibility index (Phi) is 5.42. The van der Waals surface area contributed by atoms with E-state index in [1.165, 1.54) is 16.7 Å². The zero-order chi connectivity index (χ0) is 18.9. The average Bonchev–Trinajstić information content (AvgIpc) is 2.49.